The van der Waals surface area contributed by atoms with Crippen molar-refractivity contribution in [1.82, 2.24) is 25.4 Å². The van der Waals surface area contributed by atoms with Crippen LogP contribution in [-0.2, 0) is 19.4 Å². The lowest BCUT2D eigenvalue weighted by atomic mass is 9.88. The van der Waals surface area contributed by atoms with Crippen LogP contribution in [0.5, 0.6) is 0 Å². The zero-order valence-electron chi connectivity index (χ0n) is 16.8. The third-order valence-corrected chi connectivity index (χ3v) is 6.45. The van der Waals surface area contributed by atoms with Gasteiger partial charge in [0.2, 0.25) is 0 Å². The zero-order chi connectivity index (χ0) is 19.1. The Kier molecular flexibility index (Phi) is 5.65. The number of carbonyl (C=O) groups excluding carboxylic acids is 1. The van der Waals surface area contributed by atoms with Crippen LogP contribution in [0.4, 0.5) is 0 Å². The monoisotopic (exact) mass is 413 g/mol. The van der Waals surface area contributed by atoms with Crippen molar-refractivity contribution < 1.29 is 4.79 Å². The normalized spacial score (nSPS) is 17.2. The second-order valence-electron chi connectivity index (χ2n) is 7.96. The summed E-state index contributed by atoms with van der Waals surface area (Å²) in [5, 5.41) is 12.1. The fraction of sp³-hybridized carbons (Fsp3) is 0.455. The maximum Gasteiger partial charge on any atom is 0.274 e. The van der Waals surface area contributed by atoms with Crippen molar-refractivity contribution in [2.45, 2.75) is 45.1 Å². The average Bonchev–Trinajstić information content (AvgIpc) is 3.37. The lowest BCUT2D eigenvalue weighted by molar-refractivity contribution is 0.0706. The molecule has 1 fully saturated rings. The fourth-order valence-corrected chi connectivity index (χ4v) is 4.82. The van der Waals surface area contributed by atoms with Crippen molar-refractivity contribution in [3.8, 4) is 0 Å². The van der Waals surface area contributed by atoms with E-state index in [9.17, 15) is 4.79 Å². The summed E-state index contributed by atoms with van der Waals surface area (Å²) in [6.45, 7) is 5.46. The standard InChI is InChI=1S/C22H27N5O.ClH/c1-2-14-4-3-5-16-17(13-24-20(14)16)15-7-10-27(11-8-15)22(28)21-18-12-23-9-6-19(18)25-26-21;/h3-5,13,15,23-24H,2,6-12H2,1H3,(H,25,26);1H. The maximum atomic E-state index is 13.0. The molecule has 3 N–H and O–H groups in total. The molecule has 5 rings (SSSR count). The van der Waals surface area contributed by atoms with Gasteiger partial charge in [0.15, 0.2) is 5.69 Å². The van der Waals surface area contributed by atoms with Gasteiger partial charge in [-0.15, -0.1) is 12.4 Å². The highest BCUT2D eigenvalue weighted by Crippen LogP contribution is 2.34. The summed E-state index contributed by atoms with van der Waals surface area (Å²) in [6, 6.07) is 6.58. The molecule has 1 saturated heterocycles. The van der Waals surface area contributed by atoms with Crippen LogP contribution in [0.3, 0.4) is 0 Å². The Morgan fingerprint density at radius 3 is 2.90 bits per heavy atom. The van der Waals surface area contributed by atoms with E-state index in [0.29, 0.717) is 11.6 Å². The summed E-state index contributed by atoms with van der Waals surface area (Å²) in [7, 11) is 0. The number of likely N-dealkylation sites (tertiary alicyclic amines) is 1. The van der Waals surface area contributed by atoms with Crippen molar-refractivity contribution in [3.05, 3.63) is 52.5 Å². The molecular formula is C22H28ClN5O. The number of fused-ring (bicyclic) bond motifs is 2. The van der Waals surface area contributed by atoms with Gasteiger partial charge in [-0.3, -0.25) is 9.89 Å². The van der Waals surface area contributed by atoms with Crippen LogP contribution in [-0.4, -0.2) is 45.6 Å². The Morgan fingerprint density at radius 2 is 2.10 bits per heavy atom. The topological polar surface area (TPSA) is 76.8 Å². The van der Waals surface area contributed by atoms with Crippen molar-refractivity contribution in [3.63, 3.8) is 0 Å². The van der Waals surface area contributed by atoms with E-state index >= 15 is 0 Å². The van der Waals surface area contributed by atoms with E-state index in [0.717, 1.165) is 63.1 Å². The van der Waals surface area contributed by atoms with Crippen LogP contribution in [0, 0.1) is 0 Å². The minimum absolute atomic E-state index is 0. The average molecular weight is 414 g/mol. The highest BCUT2D eigenvalue weighted by Gasteiger charge is 2.30. The number of hydrogen-bond donors (Lipinski definition) is 3. The van der Waals surface area contributed by atoms with Gasteiger partial charge in [-0.2, -0.15) is 5.10 Å². The van der Waals surface area contributed by atoms with Gasteiger partial charge >= 0.3 is 0 Å². The summed E-state index contributed by atoms with van der Waals surface area (Å²) in [5.41, 5.74) is 6.83. The lowest BCUT2D eigenvalue weighted by Crippen LogP contribution is -2.39. The van der Waals surface area contributed by atoms with E-state index in [1.165, 1.54) is 22.0 Å². The first-order valence-corrected chi connectivity index (χ1v) is 10.4. The van der Waals surface area contributed by atoms with E-state index in [1.807, 2.05) is 4.90 Å². The number of piperidine rings is 1. The van der Waals surface area contributed by atoms with Crippen LogP contribution in [0.1, 0.15) is 58.6 Å². The maximum absolute atomic E-state index is 13.0. The Balaban J connectivity index is 0.00000205. The number of carbonyl (C=O) groups is 1. The number of aromatic amines is 2. The first-order valence-electron chi connectivity index (χ1n) is 10.4. The van der Waals surface area contributed by atoms with Gasteiger partial charge in [0, 0.05) is 61.0 Å². The van der Waals surface area contributed by atoms with Gasteiger partial charge < -0.3 is 15.2 Å². The van der Waals surface area contributed by atoms with Gasteiger partial charge in [0.1, 0.15) is 0 Å². The van der Waals surface area contributed by atoms with Crippen molar-refractivity contribution in [2.24, 2.45) is 0 Å². The number of nitrogens with zero attached hydrogens (tertiary/aromatic N) is 2. The Hall–Kier alpha value is -2.31. The smallest absolute Gasteiger partial charge is 0.274 e. The fourth-order valence-electron chi connectivity index (χ4n) is 4.82. The molecule has 3 aromatic rings. The highest BCUT2D eigenvalue weighted by molar-refractivity contribution is 5.94. The van der Waals surface area contributed by atoms with Crippen molar-refractivity contribution in [2.75, 3.05) is 19.6 Å². The molecule has 0 aliphatic carbocycles. The third kappa shape index (κ3) is 3.45. The van der Waals surface area contributed by atoms with Crippen LogP contribution in [0.25, 0.3) is 10.9 Å². The number of halogens is 1. The predicted molar refractivity (Wildman–Crippen MR) is 117 cm³/mol. The number of rotatable bonds is 3. The molecule has 0 bridgehead atoms. The molecule has 2 aliphatic heterocycles. The largest absolute Gasteiger partial charge is 0.361 e. The Bertz CT molecular complexity index is 1020. The van der Waals surface area contributed by atoms with E-state index in [2.05, 4.69) is 51.8 Å². The second kappa shape index (κ2) is 8.20. The van der Waals surface area contributed by atoms with E-state index in [1.54, 1.807) is 0 Å². The highest BCUT2D eigenvalue weighted by atomic mass is 35.5. The zero-order valence-corrected chi connectivity index (χ0v) is 17.6. The molecule has 7 heteroatoms. The number of aryl methyl sites for hydroxylation is 1. The molecule has 1 aromatic carbocycles. The molecule has 0 atom stereocenters. The predicted octanol–water partition coefficient (Wildman–Crippen LogP) is 3.54. The van der Waals surface area contributed by atoms with E-state index in [-0.39, 0.29) is 18.3 Å². The third-order valence-electron chi connectivity index (χ3n) is 6.45. The molecule has 154 valence electrons. The van der Waals surface area contributed by atoms with Gasteiger partial charge in [0.05, 0.1) is 0 Å². The quantitative estimate of drug-likeness (QED) is 0.614. The summed E-state index contributed by atoms with van der Waals surface area (Å²) in [4.78, 5) is 18.5. The van der Waals surface area contributed by atoms with Crippen molar-refractivity contribution >= 4 is 29.2 Å². The van der Waals surface area contributed by atoms with Gasteiger partial charge in [-0.1, -0.05) is 25.1 Å². The number of para-hydroxylation sites is 1. The summed E-state index contributed by atoms with van der Waals surface area (Å²) in [5.74, 6) is 0.575. The first kappa shape index (κ1) is 20.0. The molecule has 2 aliphatic rings. The van der Waals surface area contributed by atoms with E-state index in [4.69, 9.17) is 0 Å². The summed E-state index contributed by atoms with van der Waals surface area (Å²) in [6.07, 6.45) is 6.13. The van der Waals surface area contributed by atoms with Gasteiger partial charge in [-0.25, -0.2) is 0 Å². The van der Waals surface area contributed by atoms with Gasteiger partial charge in [-0.05, 0) is 36.3 Å². The minimum Gasteiger partial charge on any atom is -0.361 e. The lowest BCUT2D eigenvalue weighted by Gasteiger charge is -2.32. The Labute approximate surface area is 176 Å². The Morgan fingerprint density at radius 1 is 1.28 bits per heavy atom. The minimum atomic E-state index is 0. The van der Waals surface area contributed by atoms with Crippen LogP contribution < -0.4 is 5.32 Å². The van der Waals surface area contributed by atoms with E-state index < -0.39 is 0 Å². The molecule has 0 unspecified atom stereocenters. The van der Waals surface area contributed by atoms with Gasteiger partial charge in [0.25, 0.3) is 5.91 Å². The molecule has 0 radical (unpaired) electrons. The number of H-pyrrole nitrogens is 2. The number of nitrogens with one attached hydrogen (secondary N) is 3. The molecule has 4 heterocycles. The molecular weight excluding hydrogens is 386 g/mol. The van der Waals surface area contributed by atoms with Crippen LogP contribution in [0.15, 0.2) is 24.4 Å². The van der Waals surface area contributed by atoms with Crippen LogP contribution >= 0.6 is 12.4 Å². The molecule has 1 amide bonds. The molecule has 0 spiro atoms. The summed E-state index contributed by atoms with van der Waals surface area (Å²) < 4.78 is 0. The number of hydrogen-bond acceptors (Lipinski definition) is 3. The van der Waals surface area contributed by atoms with Crippen LogP contribution in [0.2, 0.25) is 0 Å². The second-order valence-corrected chi connectivity index (χ2v) is 7.96. The first-order chi connectivity index (χ1) is 13.8. The molecule has 0 saturated carbocycles. The summed E-state index contributed by atoms with van der Waals surface area (Å²) >= 11 is 0. The molecule has 6 nitrogen and oxygen atoms in total. The molecule has 2 aromatic heterocycles. The molecule has 29 heavy (non-hydrogen) atoms. The number of amides is 1. The SMILES string of the molecule is CCc1cccc2c(C3CCN(C(=O)c4n[nH]c5c4CNCC5)CC3)c[nH]c12.Cl. The van der Waals surface area contributed by atoms with Crippen molar-refractivity contribution in [1.29, 1.82) is 0 Å². The number of aromatic nitrogens is 3. The number of benzene rings is 1.